The van der Waals surface area contributed by atoms with Crippen LogP contribution in [0.2, 0.25) is 0 Å². The zero-order chi connectivity index (χ0) is 12.8. The molecular formula is C15H29NO2. The number of rotatable bonds is 6. The number of piperidine rings is 1. The fraction of sp³-hybridized carbons (Fsp3) is 1.00. The Balaban J connectivity index is 1.82. The molecular weight excluding hydrogens is 226 g/mol. The topological polar surface area (TPSA) is 52.5 Å². The van der Waals surface area contributed by atoms with Gasteiger partial charge in [0, 0.05) is 25.3 Å². The summed E-state index contributed by atoms with van der Waals surface area (Å²) in [6.45, 7) is 0.672. The average Bonchev–Trinajstić information content (AvgIpc) is 2.42. The van der Waals surface area contributed by atoms with Gasteiger partial charge in [0.05, 0.1) is 0 Å². The molecule has 18 heavy (non-hydrogen) atoms. The predicted molar refractivity (Wildman–Crippen MR) is 73.4 cm³/mol. The highest BCUT2D eigenvalue weighted by molar-refractivity contribution is 4.92. The first kappa shape index (κ1) is 14.3. The number of fused-ring (bicyclic) bond motifs is 1. The van der Waals surface area contributed by atoms with Crippen LogP contribution in [0.4, 0.5) is 0 Å². The van der Waals surface area contributed by atoms with Crippen molar-refractivity contribution in [2.45, 2.75) is 69.9 Å². The van der Waals surface area contributed by atoms with E-state index in [1.54, 1.807) is 0 Å². The first-order valence-electron chi connectivity index (χ1n) is 7.83. The van der Waals surface area contributed by atoms with Crippen molar-refractivity contribution in [3.8, 4) is 0 Å². The van der Waals surface area contributed by atoms with Crippen molar-refractivity contribution in [2.24, 2.45) is 11.8 Å². The van der Waals surface area contributed by atoms with Crippen molar-refractivity contribution >= 4 is 0 Å². The number of nitrogens with one attached hydrogen (secondary N) is 1. The third-order valence-electron chi connectivity index (χ3n) is 4.95. The van der Waals surface area contributed by atoms with Crippen LogP contribution in [-0.4, -0.2) is 35.5 Å². The summed E-state index contributed by atoms with van der Waals surface area (Å²) in [5.74, 6) is 1.68. The molecule has 2 fully saturated rings. The summed E-state index contributed by atoms with van der Waals surface area (Å²) < 4.78 is 0. The van der Waals surface area contributed by atoms with Gasteiger partial charge in [0.15, 0.2) is 0 Å². The second-order valence-electron chi connectivity index (χ2n) is 6.13. The Morgan fingerprint density at radius 2 is 1.67 bits per heavy atom. The molecule has 1 heterocycles. The molecule has 0 aromatic carbocycles. The second kappa shape index (κ2) is 7.46. The standard InChI is InChI=1S/C15H29NO2/c17-10-2-5-12-4-1-7-15-14(12)9-8-13(16-15)6-3-11-18/h12-18H,1-11H2/t12-,13-,14?,15+/m1/s1. The molecule has 2 rings (SSSR count). The van der Waals surface area contributed by atoms with Crippen LogP contribution in [0.1, 0.15) is 57.8 Å². The fourth-order valence-electron chi connectivity index (χ4n) is 4.06. The summed E-state index contributed by atoms with van der Waals surface area (Å²) in [5.41, 5.74) is 0. The summed E-state index contributed by atoms with van der Waals surface area (Å²) in [6.07, 6.45) is 10.9. The molecule has 3 N–H and O–H groups in total. The van der Waals surface area contributed by atoms with Gasteiger partial charge in [-0.05, 0) is 56.8 Å². The van der Waals surface area contributed by atoms with Gasteiger partial charge in [-0.2, -0.15) is 0 Å². The quantitative estimate of drug-likeness (QED) is 0.681. The highest BCUT2D eigenvalue weighted by Crippen LogP contribution is 2.39. The monoisotopic (exact) mass is 255 g/mol. The van der Waals surface area contributed by atoms with Gasteiger partial charge in [-0.1, -0.05) is 12.8 Å². The summed E-state index contributed by atoms with van der Waals surface area (Å²) in [6, 6.07) is 1.34. The molecule has 3 nitrogen and oxygen atoms in total. The van der Waals surface area contributed by atoms with E-state index >= 15 is 0 Å². The molecule has 106 valence electrons. The Morgan fingerprint density at radius 1 is 0.889 bits per heavy atom. The maximum atomic E-state index is 8.99. The van der Waals surface area contributed by atoms with E-state index < -0.39 is 0 Å². The molecule has 4 atom stereocenters. The zero-order valence-corrected chi connectivity index (χ0v) is 11.5. The van der Waals surface area contributed by atoms with Crippen molar-refractivity contribution < 1.29 is 10.2 Å². The first-order chi connectivity index (χ1) is 8.85. The highest BCUT2D eigenvalue weighted by Gasteiger charge is 2.36. The van der Waals surface area contributed by atoms with Gasteiger partial charge in [0.1, 0.15) is 0 Å². The van der Waals surface area contributed by atoms with Gasteiger partial charge in [-0.3, -0.25) is 0 Å². The number of aliphatic hydroxyl groups is 2. The maximum absolute atomic E-state index is 8.99. The molecule has 1 aliphatic heterocycles. The van der Waals surface area contributed by atoms with E-state index in [0.717, 1.165) is 31.1 Å². The molecule has 0 spiro atoms. The fourth-order valence-corrected chi connectivity index (χ4v) is 4.06. The van der Waals surface area contributed by atoms with Crippen LogP contribution < -0.4 is 5.32 Å². The van der Waals surface area contributed by atoms with E-state index in [2.05, 4.69) is 5.32 Å². The third-order valence-corrected chi connectivity index (χ3v) is 4.95. The molecule has 1 aliphatic carbocycles. The van der Waals surface area contributed by atoms with Crippen LogP contribution in [0.5, 0.6) is 0 Å². The van der Waals surface area contributed by atoms with Gasteiger partial charge in [-0.15, -0.1) is 0 Å². The van der Waals surface area contributed by atoms with Crippen molar-refractivity contribution in [3.05, 3.63) is 0 Å². The SMILES string of the molecule is OCCC[C@@H]1CCC2[C@@H](CCCO)CCC[C@@H]2N1. The summed E-state index contributed by atoms with van der Waals surface area (Å²) in [7, 11) is 0. The molecule has 0 aromatic heterocycles. The molecule has 0 aromatic rings. The van der Waals surface area contributed by atoms with Crippen LogP contribution in [0.3, 0.4) is 0 Å². The van der Waals surface area contributed by atoms with E-state index in [1.807, 2.05) is 0 Å². The van der Waals surface area contributed by atoms with Crippen molar-refractivity contribution in [2.75, 3.05) is 13.2 Å². The van der Waals surface area contributed by atoms with Crippen molar-refractivity contribution in [3.63, 3.8) is 0 Å². The lowest BCUT2D eigenvalue weighted by Crippen LogP contribution is -2.51. The van der Waals surface area contributed by atoms with Gasteiger partial charge in [-0.25, -0.2) is 0 Å². The first-order valence-corrected chi connectivity index (χ1v) is 7.83. The molecule has 1 saturated carbocycles. The van der Waals surface area contributed by atoms with Crippen LogP contribution in [0.25, 0.3) is 0 Å². The largest absolute Gasteiger partial charge is 0.396 e. The van der Waals surface area contributed by atoms with Crippen LogP contribution in [0, 0.1) is 11.8 Å². The Morgan fingerprint density at radius 3 is 2.44 bits per heavy atom. The van der Waals surface area contributed by atoms with Crippen molar-refractivity contribution in [1.82, 2.24) is 5.32 Å². The highest BCUT2D eigenvalue weighted by atomic mass is 16.3. The van der Waals surface area contributed by atoms with Crippen molar-refractivity contribution in [1.29, 1.82) is 0 Å². The van der Waals surface area contributed by atoms with Crippen LogP contribution in [-0.2, 0) is 0 Å². The van der Waals surface area contributed by atoms with Gasteiger partial charge in [0.25, 0.3) is 0 Å². The van der Waals surface area contributed by atoms with Gasteiger partial charge >= 0.3 is 0 Å². The summed E-state index contributed by atoms with van der Waals surface area (Å²) in [4.78, 5) is 0. The summed E-state index contributed by atoms with van der Waals surface area (Å²) >= 11 is 0. The molecule has 1 saturated heterocycles. The average molecular weight is 255 g/mol. The summed E-state index contributed by atoms with van der Waals surface area (Å²) in [5, 5.41) is 21.7. The molecule has 0 amide bonds. The smallest absolute Gasteiger partial charge is 0.0431 e. The molecule has 2 aliphatic rings. The minimum atomic E-state index is 0.325. The second-order valence-corrected chi connectivity index (χ2v) is 6.13. The van der Waals surface area contributed by atoms with Crippen LogP contribution in [0.15, 0.2) is 0 Å². The lowest BCUT2D eigenvalue weighted by Gasteiger charge is -2.45. The Labute approximate surface area is 111 Å². The molecule has 1 unspecified atom stereocenters. The van der Waals surface area contributed by atoms with Crippen LogP contribution >= 0.6 is 0 Å². The predicted octanol–water partition coefficient (Wildman–Crippen LogP) is 2.07. The normalized spacial score (nSPS) is 36.3. The number of hydrogen-bond acceptors (Lipinski definition) is 3. The molecule has 0 radical (unpaired) electrons. The Hall–Kier alpha value is -0.120. The maximum Gasteiger partial charge on any atom is 0.0431 e. The molecule has 0 bridgehead atoms. The van der Waals surface area contributed by atoms with E-state index in [0.29, 0.717) is 25.3 Å². The van der Waals surface area contributed by atoms with E-state index in [9.17, 15) is 0 Å². The Bertz CT molecular complexity index is 235. The lowest BCUT2D eigenvalue weighted by atomic mass is 9.69. The van der Waals surface area contributed by atoms with Gasteiger partial charge in [0.2, 0.25) is 0 Å². The van der Waals surface area contributed by atoms with Gasteiger partial charge < -0.3 is 15.5 Å². The third kappa shape index (κ3) is 3.69. The Kier molecular flexibility index (Phi) is 5.93. The minimum Gasteiger partial charge on any atom is -0.396 e. The molecule has 3 heteroatoms. The minimum absolute atomic E-state index is 0.325. The van der Waals surface area contributed by atoms with E-state index in [-0.39, 0.29) is 0 Å². The van der Waals surface area contributed by atoms with E-state index in [1.165, 1.54) is 38.5 Å². The lowest BCUT2D eigenvalue weighted by molar-refractivity contribution is 0.0991. The zero-order valence-electron chi connectivity index (χ0n) is 11.5. The number of hydrogen-bond donors (Lipinski definition) is 3. The van der Waals surface area contributed by atoms with E-state index in [4.69, 9.17) is 10.2 Å². The number of aliphatic hydroxyl groups excluding tert-OH is 2.